The van der Waals surface area contributed by atoms with E-state index in [1.54, 1.807) is 0 Å². The molecule has 1 saturated heterocycles. The Hall–Kier alpha value is 0.200. The predicted octanol–water partition coefficient (Wildman–Crippen LogP) is -3.46. The number of hydrogen-bond acceptors (Lipinski definition) is 1. The maximum absolute atomic E-state index is 9.79. The van der Waals surface area contributed by atoms with Crippen molar-refractivity contribution in [3.05, 3.63) is 0 Å². The van der Waals surface area contributed by atoms with Crippen LogP contribution < -0.4 is 21.2 Å². The number of halogens is 1. The van der Waals surface area contributed by atoms with Crippen molar-refractivity contribution in [3.8, 4) is 0 Å². The topological polar surface area (TPSA) is 37.3 Å². The van der Waals surface area contributed by atoms with Crippen LogP contribution in [-0.2, 0) is 4.79 Å². The quantitative estimate of drug-likeness (QED) is 0.352. The Morgan fingerprint density at radius 1 is 2.00 bits per heavy atom. The molecule has 0 amide bonds. The summed E-state index contributed by atoms with van der Waals surface area (Å²) in [7, 11) is 0. The third kappa shape index (κ3) is 0.830. The Morgan fingerprint density at radius 3 is 2.50 bits per heavy atom. The van der Waals surface area contributed by atoms with Crippen molar-refractivity contribution in [3.63, 3.8) is 0 Å². The molecule has 1 aliphatic rings. The summed E-state index contributed by atoms with van der Waals surface area (Å²) in [4.78, 5) is 9.79. The molecule has 1 fully saturated rings. The van der Waals surface area contributed by atoms with E-state index in [4.69, 9.17) is 5.11 Å². The summed E-state index contributed by atoms with van der Waals surface area (Å²) >= 11 is 0.134. The van der Waals surface area contributed by atoms with Gasteiger partial charge in [-0.2, -0.15) is 0 Å². The van der Waals surface area contributed by atoms with E-state index in [1.807, 2.05) is 0 Å². The van der Waals surface area contributed by atoms with Gasteiger partial charge in [0.1, 0.15) is 0 Å². The molecule has 0 spiro atoms. The first kappa shape index (κ1) is 4.36. The zero-order chi connectivity index (χ0) is 4.57. The second-order valence-electron chi connectivity index (χ2n) is 1.11. The number of aliphatic carboxylic acids is 1. The molecule has 1 heterocycles. The first-order chi connectivity index (χ1) is 2.80. The van der Waals surface area contributed by atoms with E-state index in [-0.39, 0.29) is 25.1 Å². The van der Waals surface area contributed by atoms with Crippen molar-refractivity contribution >= 4 is 5.97 Å². The molecular formula is C3H4IO2-. The summed E-state index contributed by atoms with van der Waals surface area (Å²) in [5, 5.41) is 8.08. The summed E-state index contributed by atoms with van der Waals surface area (Å²) in [6.07, 6.45) is 0. The van der Waals surface area contributed by atoms with Gasteiger partial charge in [0.2, 0.25) is 0 Å². The first-order valence-corrected chi connectivity index (χ1v) is 4.38. The first-order valence-electron chi connectivity index (χ1n) is 1.61. The molecule has 0 saturated carbocycles. The molecule has 0 bridgehead atoms. The predicted molar refractivity (Wildman–Crippen MR) is 16.3 cm³/mol. The van der Waals surface area contributed by atoms with Gasteiger partial charge in [0.15, 0.2) is 0 Å². The van der Waals surface area contributed by atoms with Gasteiger partial charge in [-0.1, -0.05) is 0 Å². The maximum atomic E-state index is 9.79. The number of hydrogen-bond donors (Lipinski definition) is 1. The summed E-state index contributed by atoms with van der Waals surface area (Å²) < 4.78 is 1.14. The van der Waals surface area contributed by atoms with E-state index in [9.17, 15) is 4.79 Å². The van der Waals surface area contributed by atoms with Gasteiger partial charge in [-0.15, -0.1) is 0 Å². The van der Waals surface area contributed by atoms with E-state index in [1.165, 1.54) is 0 Å². The number of carboxylic acid groups (broad SMARTS) is 1. The zero-order valence-corrected chi connectivity index (χ0v) is 5.18. The van der Waals surface area contributed by atoms with E-state index in [0.717, 1.165) is 4.43 Å². The molecule has 1 atom stereocenters. The fraction of sp³-hybridized carbons (Fsp3) is 0.667. The van der Waals surface area contributed by atoms with Crippen LogP contribution in [-0.4, -0.2) is 19.4 Å². The molecule has 0 aliphatic carbocycles. The van der Waals surface area contributed by atoms with Crippen molar-refractivity contribution in [2.75, 3.05) is 4.43 Å². The van der Waals surface area contributed by atoms with Crippen molar-refractivity contribution in [1.29, 1.82) is 0 Å². The molecule has 0 aromatic heterocycles. The van der Waals surface area contributed by atoms with Gasteiger partial charge in [-0.3, -0.25) is 0 Å². The molecular weight excluding hydrogens is 195 g/mol. The molecule has 0 radical (unpaired) electrons. The Kier molecular flexibility index (Phi) is 0.992. The molecule has 1 rings (SSSR count). The van der Waals surface area contributed by atoms with Crippen molar-refractivity contribution in [2.24, 2.45) is 0 Å². The average molecular weight is 199 g/mol. The molecule has 1 unspecified atom stereocenters. The van der Waals surface area contributed by atoms with Crippen LogP contribution in [0.5, 0.6) is 0 Å². The van der Waals surface area contributed by atoms with Gasteiger partial charge in [-0.05, 0) is 0 Å². The fourth-order valence-corrected chi connectivity index (χ4v) is 1.18. The van der Waals surface area contributed by atoms with Crippen LogP contribution in [0.25, 0.3) is 0 Å². The number of alkyl halides is 2. The molecule has 3 heteroatoms. The molecule has 0 aromatic rings. The molecule has 1 aliphatic heterocycles. The number of carboxylic acids is 1. The van der Waals surface area contributed by atoms with Crippen LogP contribution in [0.15, 0.2) is 0 Å². The Bertz CT molecular complexity index is 76.9. The summed E-state index contributed by atoms with van der Waals surface area (Å²) in [6.45, 7) is 0. The summed E-state index contributed by atoms with van der Waals surface area (Å²) in [6, 6.07) is 0. The van der Waals surface area contributed by atoms with Crippen molar-refractivity contribution in [1.82, 2.24) is 0 Å². The van der Waals surface area contributed by atoms with Gasteiger partial charge >= 0.3 is 45.4 Å². The van der Waals surface area contributed by atoms with Crippen molar-refractivity contribution < 1.29 is 31.1 Å². The molecule has 36 valence electrons. The minimum absolute atomic E-state index is 0.129. The van der Waals surface area contributed by atoms with Gasteiger partial charge in [0.25, 0.3) is 0 Å². The Labute approximate surface area is 45.8 Å². The van der Waals surface area contributed by atoms with Gasteiger partial charge in [-0.25, -0.2) is 0 Å². The third-order valence-corrected chi connectivity index (χ3v) is 2.87. The summed E-state index contributed by atoms with van der Waals surface area (Å²) in [5.74, 6) is -0.581. The van der Waals surface area contributed by atoms with Gasteiger partial charge < -0.3 is 0 Å². The van der Waals surface area contributed by atoms with Gasteiger partial charge in [0, 0.05) is 0 Å². The third-order valence-electron chi connectivity index (χ3n) is 0.577. The standard InChI is InChI=1S/C3H4IO2/c5-3(6)2-1-4-2/h2H,1H2,(H,5,6)/q-1. The van der Waals surface area contributed by atoms with Crippen LogP contribution in [0, 0.1) is 0 Å². The second kappa shape index (κ2) is 1.36. The Balaban J connectivity index is 2.31. The normalized spacial score (nSPS) is 31.0. The van der Waals surface area contributed by atoms with E-state index >= 15 is 0 Å². The average Bonchev–Trinajstić information content (AvgIpc) is 2.06. The fourth-order valence-electron chi connectivity index (χ4n) is 0.177. The van der Waals surface area contributed by atoms with Crippen LogP contribution in [0.1, 0.15) is 0 Å². The van der Waals surface area contributed by atoms with Crippen molar-refractivity contribution in [2.45, 2.75) is 3.92 Å². The van der Waals surface area contributed by atoms with E-state index in [2.05, 4.69) is 0 Å². The molecule has 0 aromatic carbocycles. The van der Waals surface area contributed by atoms with E-state index in [0.29, 0.717) is 0 Å². The van der Waals surface area contributed by atoms with Gasteiger partial charge in [0.05, 0.1) is 0 Å². The number of rotatable bonds is 1. The second-order valence-corrected chi connectivity index (χ2v) is 4.38. The van der Waals surface area contributed by atoms with Crippen LogP contribution in [0.2, 0.25) is 0 Å². The van der Waals surface area contributed by atoms with Crippen LogP contribution in [0.4, 0.5) is 0 Å². The summed E-state index contributed by atoms with van der Waals surface area (Å²) in [5.41, 5.74) is 0. The monoisotopic (exact) mass is 199 g/mol. The molecule has 6 heavy (non-hydrogen) atoms. The van der Waals surface area contributed by atoms with Crippen LogP contribution in [0.3, 0.4) is 0 Å². The zero-order valence-electron chi connectivity index (χ0n) is 3.02. The molecule has 1 N–H and O–H groups in total. The van der Waals surface area contributed by atoms with Crippen LogP contribution >= 0.6 is 0 Å². The Morgan fingerprint density at radius 2 is 2.50 bits per heavy atom. The number of carbonyl (C=O) groups is 1. The SMILES string of the molecule is O=C(O)C1C[I-]1. The van der Waals surface area contributed by atoms with E-state index < -0.39 is 5.97 Å². The minimum atomic E-state index is -0.581. The molecule has 2 nitrogen and oxygen atoms in total.